The second-order valence-electron chi connectivity index (χ2n) is 6.97. The zero-order chi connectivity index (χ0) is 18.7. The van der Waals surface area contributed by atoms with Crippen LogP contribution in [-0.2, 0) is 13.6 Å². The van der Waals surface area contributed by atoms with Gasteiger partial charge in [0, 0.05) is 25.8 Å². The Labute approximate surface area is 152 Å². The number of hydrogen-bond acceptors (Lipinski definition) is 7. The first kappa shape index (κ1) is 17.9. The van der Waals surface area contributed by atoms with Crippen LogP contribution in [0, 0.1) is 0 Å². The second kappa shape index (κ2) is 7.17. The highest BCUT2D eigenvalue weighted by Crippen LogP contribution is 2.22. The topological polar surface area (TPSA) is 114 Å². The van der Waals surface area contributed by atoms with Gasteiger partial charge >= 0.3 is 0 Å². The van der Waals surface area contributed by atoms with Gasteiger partial charge in [0.2, 0.25) is 5.95 Å². The van der Waals surface area contributed by atoms with Gasteiger partial charge in [-0.2, -0.15) is 9.97 Å². The van der Waals surface area contributed by atoms with E-state index in [1.54, 1.807) is 20.2 Å². The molecule has 0 saturated carbocycles. The molecule has 26 heavy (non-hydrogen) atoms. The third kappa shape index (κ3) is 4.20. The number of aliphatic hydroxyl groups is 1. The predicted molar refractivity (Wildman–Crippen MR) is 104 cm³/mol. The maximum Gasteiger partial charge on any atom is 0.226 e. The lowest BCUT2D eigenvalue weighted by atomic mass is 10.1. The number of nitrogens with two attached hydrogens (primary N) is 1. The number of rotatable bonds is 7. The molecule has 0 aliphatic carbocycles. The Bertz CT molecular complexity index is 898. The summed E-state index contributed by atoms with van der Waals surface area (Å²) in [7, 11) is 1.89. The van der Waals surface area contributed by atoms with Crippen molar-refractivity contribution in [3.63, 3.8) is 0 Å². The highest BCUT2D eigenvalue weighted by atomic mass is 16.3. The monoisotopic (exact) mass is 355 g/mol. The average molecular weight is 355 g/mol. The molecule has 0 bridgehead atoms. The van der Waals surface area contributed by atoms with Crippen molar-refractivity contribution in [2.75, 3.05) is 22.9 Å². The molecular weight excluding hydrogens is 330 g/mol. The summed E-state index contributed by atoms with van der Waals surface area (Å²) in [4.78, 5) is 13.5. The molecule has 0 spiro atoms. The van der Waals surface area contributed by atoms with E-state index in [1.165, 1.54) is 0 Å². The number of fused-ring (bicyclic) bond motifs is 1. The Morgan fingerprint density at radius 3 is 2.69 bits per heavy atom. The maximum absolute atomic E-state index is 9.85. The maximum atomic E-state index is 9.85. The molecular formula is C18H25N7O. The highest BCUT2D eigenvalue weighted by Gasteiger charge is 2.14. The number of para-hydroxylation sites is 1. The van der Waals surface area contributed by atoms with E-state index in [2.05, 4.69) is 25.6 Å². The Balaban J connectivity index is 1.82. The van der Waals surface area contributed by atoms with Gasteiger partial charge in [0.1, 0.15) is 0 Å². The molecule has 2 aromatic heterocycles. The van der Waals surface area contributed by atoms with E-state index in [1.807, 2.05) is 35.9 Å². The van der Waals surface area contributed by atoms with Crippen molar-refractivity contribution >= 4 is 28.6 Å². The zero-order valence-corrected chi connectivity index (χ0v) is 15.3. The molecule has 5 N–H and O–H groups in total. The van der Waals surface area contributed by atoms with Crippen LogP contribution >= 0.6 is 0 Å². The van der Waals surface area contributed by atoms with Gasteiger partial charge in [-0.3, -0.25) is 0 Å². The van der Waals surface area contributed by atoms with E-state index in [0.717, 1.165) is 16.9 Å². The van der Waals surface area contributed by atoms with Crippen molar-refractivity contribution in [1.29, 1.82) is 0 Å². The van der Waals surface area contributed by atoms with Crippen LogP contribution < -0.4 is 16.4 Å². The summed E-state index contributed by atoms with van der Waals surface area (Å²) < 4.78 is 1.85. The molecule has 0 aliphatic heterocycles. The molecule has 2 heterocycles. The van der Waals surface area contributed by atoms with E-state index < -0.39 is 5.60 Å². The molecule has 3 rings (SSSR count). The number of nitrogens with one attached hydrogen (secondary N) is 2. The van der Waals surface area contributed by atoms with Crippen LogP contribution in [0.25, 0.3) is 11.2 Å². The van der Waals surface area contributed by atoms with Crippen LogP contribution in [0.4, 0.5) is 17.5 Å². The number of imidazole rings is 1. The lowest BCUT2D eigenvalue weighted by Gasteiger charge is -2.17. The zero-order valence-electron chi connectivity index (χ0n) is 15.3. The summed E-state index contributed by atoms with van der Waals surface area (Å²) in [6.07, 6.45) is 2.30. The van der Waals surface area contributed by atoms with Gasteiger partial charge in [0.15, 0.2) is 17.0 Å². The summed E-state index contributed by atoms with van der Waals surface area (Å²) in [5.74, 6) is 1.14. The minimum Gasteiger partial charge on any atom is -0.398 e. The first-order chi connectivity index (χ1) is 12.3. The number of nitrogen functional groups attached to an aromatic ring is 1. The normalized spacial score (nSPS) is 11.7. The van der Waals surface area contributed by atoms with E-state index in [9.17, 15) is 5.11 Å². The summed E-state index contributed by atoms with van der Waals surface area (Å²) in [5.41, 5.74) is 8.43. The Hall–Kier alpha value is -2.87. The molecule has 0 radical (unpaired) electrons. The Morgan fingerprint density at radius 1 is 1.19 bits per heavy atom. The average Bonchev–Trinajstić information content (AvgIpc) is 2.94. The van der Waals surface area contributed by atoms with Crippen molar-refractivity contribution in [2.24, 2.45) is 7.05 Å². The second-order valence-corrected chi connectivity index (χ2v) is 6.97. The summed E-state index contributed by atoms with van der Waals surface area (Å²) >= 11 is 0. The smallest absolute Gasteiger partial charge is 0.226 e. The molecule has 0 unspecified atom stereocenters. The molecule has 0 aliphatic rings. The van der Waals surface area contributed by atoms with Crippen LogP contribution in [0.15, 0.2) is 30.6 Å². The summed E-state index contributed by atoms with van der Waals surface area (Å²) in [5, 5.41) is 16.3. The van der Waals surface area contributed by atoms with Crippen LogP contribution in [0.1, 0.15) is 25.8 Å². The lowest BCUT2D eigenvalue weighted by molar-refractivity contribution is 0.0748. The van der Waals surface area contributed by atoms with E-state index in [-0.39, 0.29) is 0 Å². The van der Waals surface area contributed by atoms with Crippen molar-refractivity contribution in [1.82, 2.24) is 19.5 Å². The molecule has 8 nitrogen and oxygen atoms in total. The third-order valence-corrected chi connectivity index (χ3v) is 4.08. The predicted octanol–water partition coefficient (Wildman–Crippen LogP) is 2.13. The summed E-state index contributed by atoms with van der Waals surface area (Å²) in [6.45, 7) is 4.66. The van der Waals surface area contributed by atoms with Crippen molar-refractivity contribution in [3.8, 4) is 0 Å². The van der Waals surface area contributed by atoms with Crippen LogP contribution in [-0.4, -0.2) is 36.8 Å². The fourth-order valence-corrected chi connectivity index (χ4v) is 2.56. The molecule has 8 heteroatoms. The quantitative estimate of drug-likeness (QED) is 0.480. The Morgan fingerprint density at radius 2 is 1.96 bits per heavy atom. The molecule has 0 fully saturated rings. The molecule has 138 valence electrons. The SMILES string of the molecule is Cn1cnc2c(NCc3ccccc3N)nc(NCCC(C)(C)O)nc21. The molecule has 3 aromatic rings. The molecule has 0 saturated heterocycles. The minimum absolute atomic E-state index is 0.494. The van der Waals surface area contributed by atoms with Gasteiger partial charge < -0.3 is 26.0 Å². The first-order valence-corrected chi connectivity index (χ1v) is 8.56. The number of aryl methyl sites for hydroxylation is 1. The number of aromatic nitrogens is 4. The highest BCUT2D eigenvalue weighted by molar-refractivity contribution is 5.84. The third-order valence-electron chi connectivity index (χ3n) is 4.08. The van der Waals surface area contributed by atoms with E-state index >= 15 is 0 Å². The lowest BCUT2D eigenvalue weighted by Crippen LogP contribution is -2.23. The van der Waals surface area contributed by atoms with Crippen molar-refractivity contribution < 1.29 is 5.11 Å². The van der Waals surface area contributed by atoms with Crippen molar-refractivity contribution in [2.45, 2.75) is 32.4 Å². The standard InChI is InChI=1S/C18H25N7O/c1-18(2,26)8-9-20-17-23-15(14-16(24-17)25(3)11-22-14)21-10-12-6-4-5-7-13(12)19/h4-7,11,26H,8-10,19H2,1-3H3,(H2,20,21,23,24). The molecule has 0 amide bonds. The summed E-state index contributed by atoms with van der Waals surface area (Å²) in [6, 6.07) is 7.71. The van der Waals surface area contributed by atoms with Crippen molar-refractivity contribution in [3.05, 3.63) is 36.2 Å². The van der Waals surface area contributed by atoms with Gasteiger partial charge in [0.05, 0.1) is 11.9 Å². The van der Waals surface area contributed by atoms with Gasteiger partial charge in [-0.25, -0.2) is 4.98 Å². The van der Waals surface area contributed by atoms with E-state index in [4.69, 9.17) is 5.73 Å². The number of anilines is 3. The molecule has 0 atom stereocenters. The van der Waals surface area contributed by atoms with Gasteiger partial charge in [-0.15, -0.1) is 0 Å². The van der Waals surface area contributed by atoms with E-state index in [0.29, 0.717) is 36.8 Å². The fraction of sp³-hybridized carbons (Fsp3) is 0.389. The van der Waals surface area contributed by atoms with Gasteiger partial charge in [-0.05, 0) is 31.9 Å². The molecule has 1 aromatic carbocycles. The largest absolute Gasteiger partial charge is 0.398 e. The van der Waals surface area contributed by atoms with Gasteiger partial charge in [-0.1, -0.05) is 18.2 Å². The number of nitrogens with zero attached hydrogens (tertiary/aromatic N) is 4. The minimum atomic E-state index is -0.741. The first-order valence-electron chi connectivity index (χ1n) is 8.56. The number of hydrogen-bond donors (Lipinski definition) is 4. The van der Waals surface area contributed by atoms with Gasteiger partial charge in [0.25, 0.3) is 0 Å². The van der Waals surface area contributed by atoms with Crippen LogP contribution in [0.5, 0.6) is 0 Å². The fourth-order valence-electron chi connectivity index (χ4n) is 2.56. The van der Waals surface area contributed by atoms with Crippen LogP contribution in [0.2, 0.25) is 0 Å². The van der Waals surface area contributed by atoms with Crippen LogP contribution in [0.3, 0.4) is 0 Å². The Kier molecular flexibility index (Phi) is 4.94. The number of benzene rings is 1.